The topological polar surface area (TPSA) is 41.6 Å². The third-order valence-corrected chi connectivity index (χ3v) is 4.97. The number of benzene rings is 2. The first-order valence-corrected chi connectivity index (χ1v) is 9.40. The van der Waals surface area contributed by atoms with Crippen molar-refractivity contribution in [2.45, 2.75) is 25.8 Å². The van der Waals surface area contributed by atoms with Crippen LogP contribution < -0.4 is 5.32 Å². The van der Waals surface area contributed by atoms with Crippen molar-refractivity contribution in [1.82, 2.24) is 10.2 Å². The average Bonchev–Trinajstić information content (AvgIpc) is 2.70. The van der Waals surface area contributed by atoms with E-state index in [9.17, 15) is 4.79 Å². The summed E-state index contributed by atoms with van der Waals surface area (Å²) in [5.41, 5.74) is 3.27. The monoisotopic (exact) mass is 352 g/mol. The minimum atomic E-state index is -0.0253. The number of rotatable bonds is 6. The molecule has 1 atom stereocenters. The Labute approximate surface area is 156 Å². The second-order valence-corrected chi connectivity index (χ2v) is 7.06. The van der Waals surface area contributed by atoms with Gasteiger partial charge in [-0.15, -0.1) is 0 Å². The Hall–Kier alpha value is -2.17. The molecule has 1 aliphatic rings. The molecule has 4 heteroatoms. The molecular formula is C22H28N2O2. The maximum absolute atomic E-state index is 12.5. The van der Waals surface area contributed by atoms with Gasteiger partial charge >= 0.3 is 0 Å². The molecule has 0 unspecified atom stereocenters. The molecule has 1 amide bonds. The van der Waals surface area contributed by atoms with Crippen molar-refractivity contribution < 1.29 is 9.53 Å². The molecule has 0 radical (unpaired) electrons. The molecule has 0 aliphatic carbocycles. The fourth-order valence-electron chi connectivity index (χ4n) is 3.33. The zero-order valence-corrected chi connectivity index (χ0v) is 15.7. The molecule has 2 aromatic carbocycles. The number of nitrogens with zero attached hydrogens (tertiary/aromatic N) is 1. The molecule has 0 spiro atoms. The van der Waals surface area contributed by atoms with Gasteiger partial charge in [-0.2, -0.15) is 0 Å². The number of nitrogens with one attached hydrogen (secondary N) is 1. The summed E-state index contributed by atoms with van der Waals surface area (Å²) in [6, 6.07) is 18.3. The molecule has 2 aromatic rings. The second-order valence-electron chi connectivity index (χ2n) is 7.06. The Morgan fingerprint density at radius 2 is 1.62 bits per heavy atom. The van der Waals surface area contributed by atoms with Crippen LogP contribution in [0.2, 0.25) is 0 Å². The van der Waals surface area contributed by atoms with Crippen LogP contribution in [0, 0.1) is 0 Å². The molecule has 138 valence electrons. The van der Waals surface area contributed by atoms with Crippen molar-refractivity contribution in [3.63, 3.8) is 0 Å². The number of morpholine rings is 1. The van der Waals surface area contributed by atoms with Crippen LogP contribution in [0.15, 0.2) is 54.6 Å². The fourth-order valence-corrected chi connectivity index (χ4v) is 3.33. The lowest BCUT2D eigenvalue weighted by Crippen LogP contribution is -2.43. The first-order chi connectivity index (χ1) is 12.6. The van der Waals surface area contributed by atoms with Crippen molar-refractivity contribution >= 4 is 5.91 Å². The van der Waals surface area contributed by atoms with Gasteiger partial charge in [0.25, 0.3) is 5.91 Å². The van der Waals surface area contributed by atoms with Gasteiger partial charge in [-0.1, -0.05) is 56.3 Å². The summed E-state index contributed by atoms with van der Waals surface area (Å²) in [4.78, 5) is 14.9. The van der Waals surface area contributed by atoms with E-state index in [1.54, 1.807) is 0 Å². The third-order valence-electron chi connectivity index (χ3n) is 4.97. The second kappa shape index (κ2) is 8.97. The van der Waals surface area contributed by atoms with Gasteiger partial charge in [-0.3, -0.25) is 9.69 Å². The molecular weight excluding hydrogens is 324 g/mol. The smallest absolute Gasteiger partial charge is 0.251 e. The lowest BCUT2D eigenvalue weighted by atomic mass is 9.98. The summed E-state index contributed by atoms with van der Waals surface area (Å²) >= 11 is 0. The number of carbonyl (C=O) groups is 1. The van der Waals surface area contributed by atoms with Gasteiger partial charge in [0.15, 0.2) is 0 Å². The van der Waals surface area contributed by atoms with Gasteiger partial charge in [0.1, 0.15) is 0 Å². The Morgan fingerprint density at radius 3 is 2.23 bits per heavy atom. The van der Waals surface area contributed by atoms with E-state index in [2.05, 4.69) is 48.3 Å². The maximum atomic E-state index is 12.5. The highest BCUT2D eigenvalue weighted by molar-refractivity contribution is 5.94. The Morgan fingerprint density at radius 1 is 1.00 bits per heavy atom. The van der Waals surface area contributed by atoms with E-state index < -0.39 is 0 Å². The Balaban J connectivity index is 1.73. The molecule has 4 nitrogen and oxygen atoms in total. The molecule has 0 saturated carbocycles. The first kappa shape index (κ1) is 18.6. The maximum Gasteiger partial charge on any atom is 0.251 e. The van der Waals surface area contributed by atoms with Crippen LogP contribution in [-0.2, 0) is 4.74 Å². The highest BCUT2D eigenvalue weighted by Gasteiger charge is 2.23. The highest BCUT2D eigenvalue weighted by atomic mass is 16.5. The Kier molecular flexibility index (Phi) is 6.42. The minimum Gasteiger partial charge on any atom is -0.379 e. The minimum absolute atomic E-state index is 0.0253. The first-order valence-electron chi connectivity index (χ1n) is 9.40. The van der Waals surface area contributed by atoms with Gasteiger partial charge < -0.3 is 10.1 Å². The molecule has 1 heterocycles. The summed E-state index contributed by atoms with van der Waals surface area (Å²) in [5, 5.41) is 3.11. The SMILES string of the molecule is CC(C)c1ccc([C@@H](CNC(=O)c2ccccc2)N2CCOCC2)cc1. The predicted octanol–water partition coefficient (Wildman–Crippen LogP) is 3.61. The van der Waals surface area contributed by atoms with Gasteiger partial charge in [-0.25, -0.2) is 0 Å². The summed E-state index contributed by atoms with van der Waals surface area (Å²) in [7, 11) is 0. The van der Waals surface area contributed by atoms with E-state index in [-0.39, 0.29) is 11.9 Å². The van der Waals surface area contributed by atoms with Crippen LogP contribution in [0.25, 0.3) is 0 Å². The van der Waals surface area contributed by atoms with E-state index in [1.807, 2.05) is 30.3 Å². The van der Waals surface area contributed by atoms with Gasteiger partial charge in [0.05, 0.1) is 19.3 Å². The molecule has 1 N–H and O–H groups in total. The highest BCUT2D eigenvalue weighted by Crippen LogP contribution is 2.24. The van der Waals surface area contributed by atoms with Crippen molar-refractivity contribution in [3.8, 4) is 0 Å². The summed E-state index contributed by atoms with van der Waals surface area (Å²) in [6.07, 6.45) is 0. The summed E-state index contributed by atoms with van der Waals surface area (Å²) < 4.78 is 5.50. The number of hydrogen-bond donors (Lipinski definition) is 1. The molecule has 1 saturated heterocycles. The quantitative estimate of drug-likeness (QED) is 0.863. The standard InChI is InChI=1S/C22H28N2O2/c1-17(2)18-8-10-19(11-9-18)21(24-12-14-26-15-13-24)16-23-22(25)20-6-4-3-5-7-20/h3-11,17,21H,12-16H2,1-2H3,(H,23,25)/t21-/m1/s1. The van der Waals surface area contributed by atoms with Crippen molar-refractivity contribution in [1.29, 1.82) is 0 Å². The number of amides is 1. The third kappa shape index (κ3) is 4.71. The lowest BCUT2D eigenvalue weighted by Gasteiger charge is -2.35. The van der Waals surface area contributed by atoms with Gasteiger partial charge in [0.2, 0.25) is 0 Å². The largest absolute Gasteiger partial charge is 0.379 e. The fraction of sp³-hybridized carbons (Fsp3) is 0.409. The van der Waals surface area contributed by atoms with Gasteiger partial charge in [-0.05, 0) is 29.2 Å². The summed E-state index contributed by atoms with van der Waals surface area (Å²) in [5.74, 6) is 0.492. The zero-order valence-electron chi connectivity index (χ0n) is 15.7. The van der Waals surface area contributed by atoms with Crippen LogP contribution in [0.3, 0.4) is 0 Å². The van der Waals surface area contributed by atoms with E-state index in [1.165, 1.54) is 11.1 Å². The lowest BCUT2D eigenvalue weighted by molar-refractivity contribution is 0.0162. The normalized spacial score (nSPS) is 16.4. The molecule has 1 fully saturated rings. The van der Waals surface area contributed by atoms with E-state index in [0.29, 0.717) is 18.0 Å². The van der Waals surface area contributed by atoms with Crippen molar-refractivity contribution in [2.24, 2.45) is 0 Å². The van der Waals surface area contributed by atoms with Crippen LogP contribution >= 0.6 is 0 Å². The van der Waals surface area contributed by atoms with Gasteiger partial charge in [0, 0.05) is 25.2 Å². The molecule has 26 heavy (non-hydrogen) atoms. The molecule has 3 rings (SSSR count). The average molecular weight is 352 g/mol. The zero-order chi connectivity index (χ0) is 18.4. The number of hydrogen-bond acceptors (Lipinski definition) is 3. The molecule has 1 aliphatic heterocycles. The van der Waals surface area contributed by atoms with E-state index in [0.717, 1.165) is 26.3 Å². The molecule has 0 aromatic heterocycles. The predicted molar refractivity (Wildman–Crippen MR) is 104 cm³/mol. The Bertz CT molecular complexity index is 692. The van der Waals surface area contributed by atoms with Crippen LogP contribution in [-0.4, -0.2) is 43.7 Å². The number of ether oxygens (including phenoxy) is 1. The number of carbonyl (C=O) groups excluding carboxylic acids is 1. The van der Waals surface area contributed by atoms with Crippen molar-refractivity contribution in [2.75, 3.05) is 32.8 Å². The van der Waals surface area contributed by atoms with Crippen LogP contribution in [0.4, 0.5) is 0 Å². The van der Waals surface area contributed by atoms with Crippen LogP contribution in [0.1, 0.15) is 47.3 Å². The van der Waals surface area contributed by atoms with Crippen LogP contribution in [0.5, 0.6) is 0 Å². The molecule has 0 bridgehead atoms. The van der Waals surface area contributed by atoms with E-state index in [4.69, 9.17) is 4.74 Å². The van der Waals surface area contributed by atoms with Crippen molar-refractivity contribution in [3.05, 3.63) is 71.3 Å². The van der Waals surface area contributed by atoms with E-state index >= 15 is 0 Å². The summed E-state index contributed by atoms with van der Waals surface area (Å²) in [6.45, 7) is 8.26.